The highest BCUT2D eigenvalue weighted by Crippen LogP contribution is 2.46. The molecule has 1 aromatic carbocycles. The average molecular weight is 411 g/mol. The first-order chi connectivity index (χ1) is 14.1. The summed E-state index contributed by atoms with van der Waals surface area (Å²) in [7, 11) is 1.57. The molecule has 2 atom stereocenters. The molecule has 0 radical (unpaired) electrons. The highest BCUT2D eigenvalue weighted by atomic mass is 16.6. The number of methoxy groups -OCH3 is 1. The summed E-state index contributed by atoms with van der Waals surface area (Å²) in [5.41, 5.74) is 2.50. The topological polar surface area (TPSA) is 65.7 Å². The second-order valence-electron chi connectivity index (χ2n) is 8.58. The number of fused-ring (bicyclic) bond motifs is 2. The smallest absolute Gasteiger partial charge is 0.293 e. The first kappa shape index (κ1) is 21.9. The first-order valence-corrected chi connectivity index (χ1v) is 10.3. The molecule has 3 rings (SSSR count). The Morgan fingerprint density at radius 3 is 2.67 bits per heavy atom. The van der Waals surface area contributed by atoms with Crippen molar-refractivity contribution in [3.63, 3.8) is 0 Å². The highest BCUT2D eigenvalue weighted by Gasteiger charge is 2.45. The van der Waals surface area contributed by atoms with Gasteiger partial charge in [-0.3, -0.25) is 9.59 Å². The van der Waals surface area contributed by atoms with E-state index in [1.807, 2.05) is 34.6 Å². The lowest BCUT2D eigenvalue weighted by molar-refractivity contribution is -0.114. The van der Waals surface area contributed by atoms with Crippen LogP contribution in [0.15, 0.2) is 50.7 Å². The van der Waals surface area contributed by atoms with Crippen LogP contribution in [-0.4, -0.2) is 18.5 Å². The van der Waals surface area contributed by atoms with Crippen LogP contribution in [0.3, 0.4) is 0 Å². The van der Waals surface area contributed by atoms with Crippen LogP contribution in [0.25, 0.3) is 11.0 Å². The van der Waals surface area contributed by atoms with Crippen LogP contribution in [0.4, 0.5) is 0 Å². The molecule has 2 heterocycles. The maximum atomic E-state index is 13.1. The number of rotatable bonds is 7. The minimum absolute atomic E-state index is 0.0517. The van der Waals surface area contributed by atoms with Gasteiger partial charge in [-0.15, -0.1) is 0 Å². The zero-order chi connectivity index (χ0) is 22.1. The molecule has 5 nitrogen and oxygen atoms in total. The van der Waals surface area contributed by atoms with Crippen LogP contribution in [0.1, 0.15) is 65.4 Å². The fourth-order valence-electron chi connectivity index (χ4n) is 3.94. The van der Waals surface area contributed by atoms with E-state index >= 15 is 0 Å². The number of benzene rings is 1. The average Bonchev–Trinajstić information content (AvgIpc) is 2.91. The summed E-state index contributed by atoms with van der Waals surface area (Å²) in [4.78, 5) is 25.0. The van der Waals surface area contributed by atoms with E-state index in [2.05, 4.69) is 6.08 Å². The van der Waals surface area contributed by atoms with E-state index < -0.39 is 5.60 Å². The summed E-state index contributed by atoms with van der Waals surface area (Å²) >= 11 is 0. The van der Waals surface area contributed by atoms with Gasteiger partial charge < -0.3 is 13.9 Å². The zero-order valence-corrected chi connectivity index (χ0v) is 18.6. The largest absolute Gasteiger partial charge is 0.497 e. The fourth-order valence-corrected chi connectivity index (χ4v) is 3.94. The zero-order valence-electron chi connectivity index (χ0n) is 18.6. The summed E-state index contributed by atoms with van der Waals surface area (Å²) in [6, 6.07) is 5.20. The summed E-state index contributed by atoms with van der Waals surface area (Å²) in [5, 5.41) is 0.530. The number of carbonyl (C=O) groups is 1. The lowest BCUT2D eigenvalue weighted by atomic mass is 9.83. The van der Waals surface area contributed by atoms with Crippen LogP contribution < -0.4 is 14.9 Å². The number of allylic oxidation sites excluding steroid dienone is 4. The summed E-state index contributed by atoms with van der Waals surface area (Å²) in [6.07, 6.45) is 5.65. The van der Waals surface area contributed by atoms with Gasteiger partial charge in [0.05, 0.1) is 18.1 Å². The molecule has 5 heteroatoms. The van der Waals surface area contributed by atoms with Crippen molar-refractivity contribution in [1.82, 2.24) is 0 Å². The Morgan fingerprint density at radius 1 is 1.27 bits per heavy atom. The number of hydrogen-bond acceptors (Lipinski definition) is 5. The molecule has 30 heavy (non-hydrogen) atoms. The second kappa shape index (κ2) is 8.50. The van der Waals surface area contributed by atoms with Crippen molar-refractivity contribution in [3.05, 3.63) is 57.3 Å². The summed E-state index contributed by atoms with van der Waals surface area (Å²) in [6.45, 7) is 9.83. The van der Waals surface area contributed by atoms with E-state index in [9.17, 15) is 9.59 Å². The van der Waals surface area contributed by atoms with Crippen molar-refractivity contribution in [1.29, 1.82) is 0 Å². The van der Waals surface area contributed by atoms with Gasteiger partial charge in [-0.1, -0.05) is 24.1 Å². The maximum absolute atomic E-state index is 13.1. The Labute approximate surface area is 177 Å². The lowest BCUT2D eigenvalue weighted by Crippen LogP contribution is -2.33. The molecule has 0 fully saturated rings. The lowest BCUT2D eigenvalue weighted by Gasteiger charge is -2.27. The fraction of sp³-hybridized carbons (Fsp3) is 0.440. The molecule has 0 saturated carbocycles. The van der Waals surface area contributed by atoms with Crippen LogP contribution in [0, 0.1) is 0 Å². The van der Waals surface area contributed by atoms with Gasteiger partial charge in [0.1, 0.15) is 16.9 Å². The second-order valence-corrected chi connectivity index (χ2v) is 8.58. The normalized spacial score (nSPS) is 20.6. The monoisotopic (exact) mass is 410 g/mol. The molecule has 0 saturated heterocycles. The van der Waals surface area contributed by atoms with Gasteiger partial charge in [0.25, 0.3) is 5.95 Å². The first-order valence-electron chi connectivity index (χ1n) is 10.3. The predicted octanol–water partition coefficient (Wildman–Crippen LogP) is 5.71. The van der Waals surface area contributed by atoms with Gasteiger partial charge in [0.15, 0.2) is 11.2 Å². The van der Waals surface area contributed by atoms with Crippen molar-refractivity contribution >= 4 is 16.8 Å². The highest BCUT2D eigenvalue weighted by molar-refractivity contribution is 5.91. The standard InChI is InChI=1S/C25H30O5/c1-15(2)12-18(26)13-16(3)8-7-11-25(5)17(4)22-23(27)20-10-9-19(28-6)14-21(20)29-24(22)30-25/h8-10,12,14,17H,7,11,13H2,1-6H3. The molecule has 1 aromatic heterocycles. The Morgan fingerprint density at radius 2 is 2.00 bits per heavy atom. The van der Waals surface area contributed by atoms with Crippen molar-refractivity contribution in [2.75, 3.05) is 7.11 Å². The number of ketones is 1. The van der Waals surface area contributed by atoms with E-state index in [4.69, 9.17) is 13.9 Å². The molecule has 2 unspecified atom stereocenters. The summed E-state index contributed by atoms with van der Waals surface area (Å²) < 4.78 is 17.3. The SMILES string of the molecule is COc1ccc2c(=O)c3c(oc2c1)OC(C)(CCC=C(C)CC(=O)C=C(C)C)C3C. The molecule has 0 bridgehead atoms. The van der Waals surface area contributed by atoms with Gasteiger partial charge in [-0.05, 0) is 58.7 Å². The Balaban J connectivity index is 1.78. The molecule has 0 amide bonds. The predicted molar refractivity (Wildman–Crippen MR) is 119 cm³/mol. The van der Waals surface area contributed by atoms with Gasteiger partial charge in [0, 0.05) is 18.4 Å². The number of hydrogen-bond donors (Lipinski definition) is 0. The van der Waals surface area contributed by atoms with E-state index in [0.717, 1.165) is 17.6 Å². The van der Waals surface area contributed by atoms with Crippen LogP contribution in [0.5, 0.6) is 11.7 Å². The van der Waals surface area contributed by atoms with E-state index in [0.29, 0.717) is 41.1 Å². The van der Waals surface area contributed by atoms with Crippen molar-refractivity contribution in [2.24, 2.45) is 0 Å². The molecule has 160 valence electrons. The van der Waals surface area contributed by atoms with Crippen LogP contribution >= 0.6 is 0 Å². The third-order valence-corrected chi connectivity index (χ3v) is 5.81. The van der Waals surface area contributed by atoms with Crippen molar-refractivity contribution < 1.29 is 18.7 Å². The van der Waals surface area contributed by atoms with E-state index in [1.54, 1.807) is 31.4 Å². The minimum Gasteiger partial charge on any atom is -0.497 e. The van der Waals surface area contributed by atoms with Crippen molar-refractivity contribution in [2.45, 2.75) is 65.4 Å². The molecular formula is C25H30O5. The molecule has 0 spiro atoms. The van der Waals surface area contributed by atoms with Crippen LogP contribution in [-0.2, 0) is 4.79 Å². The van der Waals surface area contributed by atoms with Gasteiger partial charge in [-0.2, -0.15) is 0 Å². The Kier molecular flexibility index (Phi) is 6.20. The Bertz CT molecular complexity index is 1080. The molecule has 0 aliphatic carbocycles. The van der Waals surface area contributed by atoms with Gasteiger partial charge in [-0.25, -0.2) is 0 Å². The maximum Gasteiger partial charge on any atom is 0.293 e. The summed E-state index contributed by atoms with van der Waals surface area (Å²) in [5.74, 6) is 0.943. The van der Waals surface area contributed by atoms with E-state index in [-0.39, 0.29) is 17.1 Å². The third-order valence-electron chi connectivity index (χ3n) is 5.81. The minimum atomic E-state index is -0.548. The third kappa shape index (κ3) is 4.35. The molecular weight excluding hydrogens is 380 g/mol. The molecule has 2 aromatic rings. The van der Waals surface area contributed by atoms with Gasteiger partial charge in [0.2, 0.25) is 0 Å². The number of carbonyl (C=O) groups excluding carboxylic acids is 1. The number of ether oxygens (including phenoxy) is 2. The Hall–Kier alpha value is -2.82. The molecule has 1 aliphatic heterocycles. The van der Waals surface area contributed by atoms with Crippen molar-refractivity contribution in [3.8, 4) is 11.7 Å². The van der Waals surface area contributed by atoms with E-state index in [1.165, 1.54) is 0 Å². The van der Waals surface area contributed by atoms with Crippen LogP contribution in [0.2, 0.25) is 0 Å². The molecule has 0 N–H and O–H groups in total. The quantitative estimate of drug-likeness (QED) is 0.432. The van der Waals surface area contributed by atoms with Gasteiger partial charge >= 0.3 is 0 Å². The molecule has 1 aliphatic rings.